The van der Waals surface area contributed by atoms with Gasteiger partial charge in [-0.1, -0.05) is 0 Å². The predicted octanol–water partition coefficient (Wildman–Crippen LogP) is 2.04. The second-order valence-corrected chi connectivity index (χ2v) is 5.87. The summed E-state index contributed by atoms with van der Waals surface area (Å²) in [4.78, 5) is 6.84. The zero-order chi connectivity index (χ0) is 11.8. The van der Waals surface area contributed by atoms with Crippen molar-refractivity contribution in [2.75, 3.05) is 20.1 Å². The number of nitrogens with zero attached hydrogens (tertiary/aromatic N) is 2. The Morgan fingerprint density at radius 1 is 1.47 bits per heavy atom. The third-order valence-electron chi connectivity index (χ3n) is 3.46. The minimum absolute atomic E-state index is 0.289. The van der Waals surface area contributed by atoms with Crippen LogP contribution in [0.15, 0.2) is 23.7 Å². The largest absolute Gasteiger partial charge is 0.327 e. The molecular weight excluding hydrogens is 230 g/mol. The van der Waals surface area contributed by atoms with Crippen LogP contribution in [0.4, 0.5) is 0 Å². The van der Waals surface area contributed by atoms with Gasteiger partial charge < -0.3 is 10.6 Å². The van der Waals surface area contributed by atoms with Gasteiger partial charge in [0.25, 0.3) is 0 Å². The quantitative estimate of drug-likeness (QED) is 0.838. The van der Waals surface area contributed by atoms with Crippen LogP contribution in [0.3, 0.4) is 0 Å². The summed E-state index contributed by atoms with van der Waals surface area (Å²) >= 11 is 1.79. The van der Waals surface area contributed by atoms with Gasteiger partial charge in [-0.2, -0.15) is 0 Å². The van der Waals surface area contributed by atoms with E-state index in [2.05, 4.69) is 28.4 Å². The van der Waals surface area contributed by atoms with E-state index in [1.165, 1.54) is 15.8 Å². The number of aromatic nitrogens is 1. The highest BCUT2D eigenvalue weighted by Crippen LogP contribution is 2.34. The molecule has 4 heteroatoms. The Hall–Kier alpha value is -0.970. The molecular formula is C13H17N3S. The van der Waals surface area contributed by atoms with Crippen molar-refractivity contribution in [2.45, 2.75) is 18.4 Å². The van der Waals surface area contributed by atoms with Crippen molar-refractivity contribution in [1.82, 2.24) is 9.88 Å². The molecule has 1 aliphatic rings. The first-order valence-electron chi connectivity index (χ1n) is 6.00. The van der Waals surface area contributed by atoms with Crippen LogP contribution < -0.4 is 5.73 Å². The average Bonchev–Trinajstić information content (AvgIpc) is 2.71. The maximum atomic E-state index is 6.11. The summed E-state index contributed by atoms with van der Waals surface area (Å²) in [6.07, 6.45) is 2.96. The summed E-state index contributed by atoms with van der Waals surface area (Å²) in [6.45, 7) is 2.10. The van der Waals surface area contributed by atoms with E-state index in [1.54, 1.807) is 11.3 Å². The number of hydrogen-bond donors (Lipinski definition) is 1. The molecule has 0 aliphatic carbocycles. The molecule has 3 heterocycles. The van der Waals surface area contributed by atoms with Gasteiger partial charge in [0.05, 0.1) is 10.2 Å². The monoisotopic (exact) mass is 247 g/mol. The molecule has 3 rings (SSSR count). The number of rotatable bonds is 1. The van der Waals surface area contributed by atoms with Gasteiger partial charge in [-0.25, -0.2) is 0 Å². The zero-order valence-electron chi connectivity index (χ0n) is 9.97. The third-order valence-corrected chi connectivity index (χ3v) is 4.42. The molecule has 1 aliphatic heterocycles. The normalized spacial score (nSPS) is 26.5. The molecule has 2 atom stereocenters. The Balaban J connectivity index is 1.98. The van der Waals surface area contributed by atoms with E-state index in [-0.39, 0.29) is 6.04 Å². The lowest BCUT2D eigenvalue weighted by atomic mass is 9.89. The highest BCUT2D eigenvalue weighted by molar-refractivity contribution is 7.17. The summed E-state index contributed by atoms with van der Waals surface area (Å²) in [6, 6.07) is 4.43. The van der Waals surface area contributed by atoms with Gasteiger partial charge in [-0.3, -0.25) is 4.98 Å². The Kier molecular flexibility index (Phi) is 2.86. The molecule has 2 unspecified atom stereocenters. The van der Waals surface area contributed by atoms with Crippen molar-refractivity contribution in [2.24, 2.45) is 5.73 Å². The second kappa shape index (κ2) is 4.37. The van der Waals surface area contributed by atoms with Crippen LogP contribution >= 0.6 is 11.3 Å². The molecule has 0 radical (unpaired) electrons. The number of piperidine rings is 1. The van der Waals surface area contributed by atoms with Gasteiger partial charge in [-0.05, 0) is 36.5 Å². The Morgan fingerprint density at radius 3 is 3.18 bits per heavy atom. The van der Waals surface area contributed by atoms with Gasteiger partial charge in [0.1, 0.15) is 0 Å². The molecule has 0 amide bonds. The standard InChI is InChI=1S/C13H17N3S/c1-16-6-9(5-10(14)7-16)11-8-17-12-3-2-4-15-13(11)12/h2-4,8-10H,5-7,14H2,1H3. The van der Waals surface area contributed by atoms with Crippen LogP contribution in [0, 0.1) is 0 Å². The highest BCUT2D eigenvalue weighted by atomic mass is 32.1. The van der Waals surface area contributed by atoms with Gasteiger partial charge in [0, 0.05) is 31.2 Å². The molecule has 0 spiro atoms. The Labute approximate surface area is 105 Å². The van der Waals surface area contributed by atoms with Gasteiger partial charge >= 0.3 is 0 Å². The van der Waals surface area contributed by atoms with E-state index in [4.69, 9.17) is 5.73 Å². The topological polar surface area (TPSA) is 42.1 Å². The number of likely N-dealkylation sites (N-methyl/N-ethyl adjacent to an activating group) is 1. The minimum atomic E-state index is 0.289. The second-order valence-electron chi connectivity index (χ2n) is 4.96. The van der Waals surface area contributed by atoms with Crippen molar-refractivity contribution in [3.63, 3.8) is 0 Å². The fourth-order valence-corrected chi connectivity index (χ4v) is 3.76. The van der Waals surface area contributed by atoms with Crippen LogP contribution in [0.5, 0.6) is 0 Å². The van der Waals surface area contributed by atoms with Gasteiger partial charge in [0.15, 0.2) is 0 Å². The lowest BCUT2D eigenvalue weighted by Crippen LogP contribution is -2.44. The Bertz CT molecular complexity index is 512. The molecule has 1 saturated heterocycles. The number of likely N-dealkylation sites (tertiary alicyclic amines) is 1. The summed E-state index contributed by atoms with van der Waals surface area (Å²) < 4.78 is 1.28. The first-order chi connectivity index (χ1) is 8.24. The highest BCUT2D eigenvalue weighted by Gasteiger charge is 2.26. The van der Waals surface area contributed by atoms with E-state index < -0.39 is 0 Å². The molecule has 3 nitrogen and oxygen atoms in total. The fourth-order valence-electron chi connectivity index (χ4n) is 2.77. The van der Waals surface area contributed by atoms with E-state index in [9.17, 15) is 0 Å². The van der Waals surface area contributed by atoms with Crippen molar-refractivity contribution in [3.8, 4) is 0 Å². The number of fused-ring (bicyclic) bond motifs is 1. The lowest BCUT2D eigenvalue weighted by Gasteiger charge is -2.33. The number of nitrogens with two attached hydrogens (primary N) is 1. The predicted molar refractivity (Wildman–Crippen MR) is 72.5 cm³/mol. The number of thiophene rings is 1. The number of hydrogen-bond acceptors (Lipinski definition) is 4. The molecule has 1 fully saturated rings. The molecule has 2 aromatic rings. The van der Waals surface area contributed by atoms with Gasteiger partial charge in [0.2, 0.25) is 0 Å². The van der Waals surface area contributed by atoms with Crippen molar-refractivity contribution >= 4 is 21.6 Å². The lowest BCUT2D eigenvalue weighted by molar-refractivity contribution is 0.228. The third kappa shape index (κ3) is 2.08. The summed E-state index contributed by atoms with van der Waals surface area (Å²) in [5.74, 6) is 0.535. The minimum Gasteiger partial charge on any atom is -0.327 e. The van der Waals surface area contributed by atoms with Crippen LogP contribution in [-0.4, -0.2) is 36.1 Å². The molecule has 0 aromatic carbocycles. The van der Waals surface area contributed by atoms with Crippen molar-refractivity contribution in [3.05, 3.63) is 29.3 Å². The maximum Gasteiger partial charge on any atom is 0.0844 e. The van der Waals surface area contributed by atoms with Crippen molar-refractivity contribution in [1.29, 1.82) is 0 Å². The molecule has 2 N–H and O–H groups in total. The van der Waals surface area contributed by atoms with Crippen LogP contribution in [0.2, 0.25) is 0 Å². The SMILES string of the molecule is CN1CC(N)CC(c2csc3cccnc23)C1. The Morgan fingerprint density at radius 2 is 2.35 bits per heavy atom. The maximum absolute atomic E-state index is 6.11. The first kappa shape index (κ1) is 11.1. The van der Waals surface area contributed by atoms with E-state index in [0.29, 0.717) is 5.92 Å². The summed E-state index contributed by atoms with van der Waals surface area (Å²) in [5, 5.41) is 2.26. The summed E-state index contributed by atoms with van der Waals surface area (Å²) in [7, 11) is 2.15. The van der Waals surface area contributed by atoms with E-state index in [1.807, 2.05) is 12.3 Å². The zero-order valence-corrected chi connectivity index (χ0v) is 10.8. The van der Waals surface area contributed by atoms with Crippen LogP contribution in [-0.2, 0) is 0 Å². The van der Waals surface area contributed by atoms with E-state index >= 15 is 0 Å². The van der Waals surface area contributed by atoms with Crippen LogP contribution in [0.1, 0.15) is 17.9 Å². The number of pyridine rings is 1. The first-order valence-corrected chi connectivity index (χ1v) is 6.88. The molecule has 0 saturated carbocycles. The fraction of sp³-hybridized carbons (Fsp3) is 0.462. The summed E-state index contributed by atoms with van der Waals surface area (Å²) in [5.41, 5.74) is 8.66. The molecule has 0 bridgehead atoms. The molecule has 2 aromatic heterocycles. The smallest absolute Gasteiger partial charge is 0.0844 e. The van der Waals surface area contributed by atoms with E-state index in [0.717, 1.165) is 19.5 Å². The molecule has 90 valence electrons. The average molecular weight is 247 g/mol. The van der Waals surface area contributed by atoms with Crippen LogP contribution in [0.25, 0.3) is 10.2 Å². The van der Waals surface area contributed by atoms with Crippen molar-refractivity contribution < 1.29 is 0 Å². The van der Waals surface area contributed by atoms with Gasteiger partial charge in [-0.15, -0.1) is 11.3 Å². The molecule has 17 heavy (non-hydrogen) atoms.